The zero-order valence-corrected chi connectivity index (χ0v) is 12.1. The fourth-order valence-corrected chi connectivity index (χ4v) is 3.21. The minimum Gasteiger partial charge on any atom is -0.376 e. The lowest BCUT2D eigenvalue weighted by atomic mass is 10.1. The molecule has 1 fully saturated rings. The Balaban J connectivity index is 1.63. The quantitative estimate of drug-likeness (QED) is 0.739. The molecular formula is C14H14N4O2S. The average molecular weight is 302 g/mol. The molecule has 0 saturated carbocycles. The summed E-state index contributed by atoms with van der Waals surface area (Å²) in [6.45, 7) is 1.82. The van der Waals surface area contributed by atoms with Gasteiger partial charge in [0.2, 0.25) is 4.96 Å². The minimum atomic E-state index is -0.0879. The van der Waals surface area contributed by atoms with Gasteiger partial charge in [-0.25, -0.2) is 0 Å². The lowest BCUT2D eigenvalue weighted by Gasteiger charge is -2.20. The molecule has 108 valence electrons. The number of hydrogen-bond acceptors (Lipinski definition) is 6. The third-order valence-electron chi connectivity index (χ3n) is 3.37. The Labute approximate surface area is 125 Å². The second-order valence-corrected chi connectivity index (χ2v) is 5.84. The number of hydrogen-bond donors (Lipinski definition) is 0. The SMILES string of the molecule is c1ccc(Cc2nnc3sc(C4COCCO4)nn23)cc1. The molecule has 0 aliphatic carbocycles. The second-order valence-electron chi connectivity index (χ2n) is 4.85. The monoisotopic (exact) mass is 302 g/mol. The molecule has 1 aromatic carbocycles. The van der Waals surface area contributed by atoms with E-state index in [0.717, 1.165) is 15.8 Å². The van der Waals surface area contributed by atoms with Crippen LogP contribution >= 0.6 is 11.3 Å². The van der Waals surface area contributed by atoms with Crippen molar-refractivity contribution < 1.29 is 9.47 Å². The van der Waals surface area contributed by atoms with Crippen LogP contribution in [-0.4, -0.2) is 39.6 Å². The number of fused-ring (bicyclic) bond motifs is 1. The summed E-state index contributed by atoms with van der Waals surface area (Å²) >= 11 is 1.51. The van der Waals surface area contributed by atoms with Crippen LogP contribution in [0.15, 0.2) is 30.3 Å². The molecule has 0 N–H and O–H groups in total. The van der Waals surface area contributed by atoms with E-state index in [2.05, 4.69) is 27.4 Å². The Hall–Kier alpha value is -1.83. The molecule has 3 heterocycles. The third-order valence-corrected chi connectivity index (χ3v) is 4.36. The van der Waals surface area contributed by atoms with Gasteiger partial charge in [0.1, 0.15) is 11.1 Å². The van der Waals surface area contributed by atoms with E-state index in [-0.39, 0.29) is 6.10 Å². The van der Waals surface area contributed by atoms with Gasteiger partial charge in [0, 0.05) is 6.42 Å². The summed E-state index contributed by atoms with van der Waals surface area (Å²) in [6, 6.07) is 10.2. The Morgan fingerprint density at radius 2 is 2.10 bits per heavy atom. The molecule has 0 bridgehead atoms. The maximum absolute atomic E-state index is 5.68. The molecule has 21 heavy (non-hydrogen) atoms. The van der Waals surface area contributed by atoms with Gasteiger partial charge in [0.15, 0.2) is 5.82 Å². The summed E-state index contributed by atoms with van der Waals surface area (Å²) in [5.74, 6) is 0.843. The lowest BCUT2D eigenvalue weighted by molar-refractivity contribution is -0.0904. The van der Waals surface area contributed by atoms with Crippen molar-refractivity contribution in [3.05, 3.63) is 46.7 Å². The fourth-order valence-electron chi connectivity index (χ4n) is 2.32. The van der Waals surface area contributed by atoms with Crippen LogP contribution in [-0.2, 0) is 15.9 Å². The number of benzene rings is 1. The van der Waals surface area contributed by atoms with Crippen molar-refractivity contribution in [2.75, 3.05) is 19.8 Å². The van der Waals surface area contributed by atoms with Gasteiger partial charge >= 0.3 is 0 Å². The van der Waals surface area contributed by atoms with Crippen LogP contribution in [0.5, 0.6) is 0 Å². The van der Waals surface area contributed by atoms with Crippen molar-refractivity contribution in [2.45, 2.75) is 12.5 Å². The van der Waals surface area contributed by atoms with Crippen molar-refractivity contribution in [1.29, 1.82) is 0 Å². The normalized spacial score (nSPS) is 19.1. The van der Waals surface area contributed by atoms with E-state index in [4.69, 9.17) is 9.47 Å². The van der Waals surface area contributed by atoms with Gasteiger partial charge in [-0.2, -0.15) is 9.61 Å². The number of ether oxygens (including phenoxy) is 2. The number of nitrogens with zero attached hydrogens (tertiary/aromatic N) is 4. The van der Waals surface area contributed by atoms with E-state index >= 15 is 0 Å². The van der Waals surface area contributed by atoms with Crippen molar-refractivity contribution in [3.8, 4) is 0 Å². The fraction of sp³-hybridized carbons (Fsp3) is 0.357. The first kappa shape index (κ1) is 12.9. The molecule has 4 rings (SSSR count). The Morgan fingerprint density at radius 1 is 1.19 bits per heavy atom. The average Bonchev–Trinajstić information content (AvgIpc) is 3.11. The molecule has 7 heteroatoms. The summed E-state index contributed by atoms with van der Waals surface area (Å²) < 4.78 is 12.9. The molecular weight excluding hydrogens is 288 g/mol. The first-order valence-corrected chi connectivity index (χ1v) is 7.66. The van der Waals surface area contributed by atoms with Crippen LogP contribution in [0.1, 0.15) is 22.5 Å². The van der Waals surface area contributed by atoms with E-state index in [1.807, 2.05) is 22.7 Å². The molecule has 1 atom stereocenters. The molecule has 1 unspecified atom stereocenters. The first-order chi connectivity index (χ1) is 10.4. The highest BCUT2D eigenvalue weighted by molar-refractivity contribution is 7.16. The predicted molar refractivity (Wildman–Crippen MR) is 77.4 cm³/mol. The van der Waals surface area contributed by atoms with Gasteiger partial charge < -0.3 is 9.47 Å². The van der Waals surface area contributed by atoms with Crippen LogP contribution in [0.25, 0.3) is 4.96 Å². The Morgan fingerprint density at radius 3 is 2.90 bits per heavy atom. The van der Waals surface area contributed by atoms with Crippen molar-refractivity contribution in [2.24, 2.45) is 0 Å². The predicted octanol–water partition coefficient (Wildman–Crippen LogP) is 1.86. The number of rotatable bonds is 3. The highest BCUT2D eigenvalue weighted by Gasteiger charge is 2.22. The van der Waals surface area contributed by atoms with E-state index in [0.29, 0.717) is 26.2 Å². The van der Waals surface area contributed by atoms with Crippen LogP contribution in [0, 0.1) is 0 Å². The zero-order chi connectivity index (χ0) is 14.1. The highest BCUT2D eigenvalue weighted by atomic mass is 32.1. The number of aromatic nitrogens is 4. The van der Waals surface area contributed by atoms with Crippen LogP contribution < -0.4 is 0 Å². The van der Waals surface area contributed by atoms with Crippen LogP contribution in [0.2, 0.25) is 0 Å². The molecule has 0 amide bonds. The standard InChI is InChI=1S/C14H14N4O2S/c1-2-4-10(5-3-1)8-12-15-16-14-18(12)17-13(21-14)11-9-19-6-7-20-11/h1-5,11H,6-9H2. The third kappa shape index (κ3) is 2.55. The smallest absolute Gasteiger partial charge is 0.234 e. The van der Waals surface area contributed by atoms with E-state index < -0.39 is 0 Å². The second kappa shape index (κ2) is 5.51. The maximum atomic E-state index is 5.68. The van der Waals surface area contributed by atoms with E-state index in [1.165, 1.54) is 16.9 Å². The van der Waals surface area contributed by atoms with E-state index in [1.54, 1.807) is 0 Å². The van der Waals surface area contributed by atoms with Crippen molar-refractivity contribution in [1.82, 2.24) is 19.8 Å². The summed E-state index contributed by atoms with van der Waals surface area (Å²) in [5, 5.41) is 13.9. The molecule has 1 aliphatic rings. The minimum absolute atomic E-state index is 0.0879. The molecule has 6 nitrogen and oxygen atoms in total. The lowest BCUT2D eigenvalue weighted by Crippen LogP contribution is -2.22. The largest absolute Gasteiger partial charge is 0.376 e. The van der Waals surface area contributed by atoms with E-state index in [9.17, 15) is 0 Å². The van der Waals surface area contributed by atoms with Gasteiger partial charge in [-0.3, -0.25) is 0 Å². The van der Waals surface area contributed by atoms with Crippen molar-refractivity contribution >= 4 is 16.3 Å². The topological polar surface area (TPSA) is 61.5 Å². The van der Waals surface area contributed by atoms with Crippen molar-refractivity contribution in [3.63, 3.8) is 0 Å². The van der Waals surface area contributed by atoms with Gasteiger partial charge in [-0.15, -0.1) is 10.2 Å². The summed E-state index contributed by atoms with van der Waals surface area (Å²) in [5.41, 5.74) is 1.19. The van der Waals surface area contributed by atoms with Gasteiger partial charge in [-0.1, -0.05) is 41.7 Å². The first-order valence-electron chi connectivity index (χ1n) is 6.84. The molecule has 2 aromatic heterocycles. The van der Waals surface area contributed by atoms with Gasteiger partial charge in [0.05, 0.1) is 19.8 Å². The van der Waals surface area contributed by atoms with Crippen LogP contribution in [0.4, 0.5) is 0 Å². The molecule has 1 aliphatic heterocycles. The molecule has 0 radical (unpaired) electrons. The zero-order valence-electron chi connectivity index (χ0n) is 11.3. The molecule has 1 saturated heterocycles. The van der Waals surface area contributed by atoms with Gasteiger partial charge in [-0.05, 0) is 5.56 Å². The summed E-state index contributed by atoms with van der Waals surface area (Å²) in [6.07, 6.45) is 0.628. The van der Waals surface area contributed by atoms with Crippen LogP contribution in [0.3, 0.4) is 0 Å². The molecule has 0 spiro atoms. The Bertz CT molecular complexity index is 734. The Kier molecular flexibility index (Phi) is 3.38. The summed E-state index contributed by atoms with van der Waals surface area (Å²) in [7, 11) is 0. The molecule has 3 aromatic rings. The van der Waals surface area contributed by atoms with Gasteiger partial charge in [0.25, 0.3) is 0 Å². The maximum Gasteiger partial charge on any atom is 0.234 e. The summed E-state index contributed by atoms with van der Waals surface area (Å²) in [4.78, 5) is 0.796. The highest BCUT2D eigenvalue weighted by Crippen LogP contribution is 2.25.